The van der Waals surface area contributed by atoms with Crippen LogP contribution in [0, 0.1) is 0 Å². The van der Waals surface area contributed by atoms with E-state index in [2.05, 4.69) is 23.3 Å². The van der Waals surface area contributed by atoms with Crippen LogP contribution in [0.1, 0.15) is 0 Å². The van der Waals surface area contributed by atoms with E-state index in [-0.39, 0.29) is 0 Å². The number of aromatic nitrogens is 2. The predicted octanol–water partition coefficient (Wildman–Crippen LogP) is 4.00. The third kappa shape index (κ3) is 2.55. The molecule has 3 aromatic rings. The zero-order valence-electron chi connectivity index (χ0n) is 11.2. The summed E-state index contributed by atoms with van der Waals surface area (Å²) in [5.41, 5.74) is 2.03. The molecule has 1 aromatic heterocycles. The number of methoxy groups -OCH3 is 1. The fourth-order valence-electron chi connectivity index (χ4n) is 2.24. The maximum Gasteiger partial charge on any atom is 0.0658 e. The molecule has 0 atom stereocenters. The fraction of sp³-hybridized carbons (Fsp3) is 0.188. The molecular weight excluding hydrogens is 272 g/mol. The summed E-state index contributed by atoms with van der Waals surface area (Å²) in [6, 6.07) is 12.3. The maximum absolute atomic E-state index is 6.39. The molecule has 4 heteroatoms. The van der Waals surface area contributed by atoms with Crippen molar-refractivity contribution in [2.75, 3.05) is 13.7 Å². The molecule has 0 aliphatic carbocycles. The second-order valence-corrected chi connectivity index (χ2v) is 5.07. The van der Waals surface area contributed by atoms with Crippen LogP contribution in [-0.4, -0.2) is 23.5 Å². The van der Waals surface area contributed by atoms with Crippen LogP contribution in [-0.2, 0) is 11.3 Å². The van der Waals surface area contributed by atoms with Crippen molar-refractivity contribution in [1.29, 1.82) is 0 Å². The summed E-state index contributed by atoms with van der Waals surface area (Å²) >= 11 is 6.39. The van der Waals surface area contributed by atoms with Crippen LogP contribution in [0.5, 0.6) is 0 Å². The number of ether oxygens (including phenoxy) is 1. The number of hydrogen-bond acceptors (Lipinski definition) is 2. The van der Waals surface area contributed by atoms with Gasteiger partial charge in [-0.05, 0) is 22.9 Å². The van der Waals surface area contributed by atoms with Gasteiger partial charge in [0.2, 0.25) is 0 Å². The average molecular weight is 287 g/mol. The van der Waals surface area contributed by atoms with Gasteiger partial charge in [0, 0.05) is 29.5 Å². The van der Waals surface area contributed by atoms with E-state index in [9.17, 15) is 0 Å². The smallest absolute Gasteiger partial charge is 0.0658 e. The Morgan fingerprint density at radius 2 is 1.95 bits per heavy atom. The normalized spacial score (nSPS) is 11.1. The van der Waals surface area contributed by atoms with Crippen molar-refractivity contribution in [3.8, 4) is 11.1 Å². The zero-order valence-corrected chi connectivity index (χ0v) is 12.0. The van der Waals surface area contributed by atoms with Gasteiger partial charge >= 0.3 is 0 Å². The second-order valence-electron chi connectivity index (χ2n) is 4.66. The van der Waals surface area contributed by atoms with E-state index < -0.39 is 0 Å². The van der Waals surface area contributed by atoms with E-state index in [1.54, 1.807) is 7.11 Å². The van der Waals surface area contributed by atoms with Crippen LogP contribution in [0.4, 0.5) is 0 Å². The van der Waals surface area contributed by atoms with E-state index >= 15 is 0 Å². The second kappa shape index (κ2) is 5.65. The van der Waals surface area contributed by atoms with Crippen LogP contribution >= 0.6 is 11.6 Å². The first kappa shape index (κ1) is 13.2. The number of hydrogen-bond donors (Lipinski definition) is 0. The molecule has 0 radical (unpaired) electrons. The molecule has 3 nitrogen and oxygen atoms in total. The van der Waals surface area contributed by atoms with Crippen molar-refractivity contribution in [2.24, 2.45) is 0 Å². The predicted molar refractivity (Wildman–Crippen MR) is 82.1 cm³/mol. The fourth-order valence-corrected chi connectivity index (χ4v) is 2.52. The highest BCUT2D eigenvalue weighted by molar-refractivity contribution is 6.34. The zero-order chi connectivity index (χ0) is 13.9. The molecule has 2 aromatic carbocycles. The van der Waals surface area contributed by atoms with Gasteiger partial charge in [-0.1, -0.05) is 35.9 Å². The van der Waals surface area contributed by atoms with Crippen molar-refractivity contribution in [3.63, 3.8) is 0 Å². The summed E-state index contributed by atoms with van der Waals surface area (Å²) in [5, 5.41) is 7.40. The molecule has 3 rings (SSSR count). The molecule has 0 aliphatic rings. The maximum atomic E-state index is 6.39. The molecule has 20 heavy (non-hydrogen) atoms. The van der Waals surface area contributed by atoms with Crippen LogP contribution in [0.3, 0.4) is 0 Å². The number of rotatable bonds is 4. The Labute approximate surface area is 122 Å². The molecular formula is C16H15ClN2O. The Morgan fingerprint density at radius 1 is 1.20 bits per heavy atom. The minimum Gasteiger partial charge on any atom is -0.383 e. The van der Waals surface area contributed by atoms with E-state index in [1.807, 2.05) is 35.3 Å². The molecule has 1 heterocycles. The van der Waals surface area contributed by atoms with Crippen molar-refractivity contribution >= 4 is 22.4 Å². The summed E-state index contributed by atoms with van der Waals surface area (Å²) in [6.45, 7) is 1.38. The molecule has 0 spiro atoms. The summed E-state index contributed by atoms with van der Waals surface area (Å²) in [6.07, 6.45) is 3.83. The Bertz CT molecular complexity index is 736. The highest BCUT2D eigenvalue weighted by atomic mass is 35.5. The van der Waals surface area contributed by atoms with Crippen LogP contribution < -0.4 is 0 Å². The first-order valence-corrected chi connectivity index (χ1v) is 6.86. The monoisotopic (exact) mass is 286 g/mol. The van der Waals surface area contributed by atoms with E-state index in [0.717, 1.165) is 28.1 Å². The lowest BCUT2D eigenvalue weighted by Crippen LogP contribution is -2.03. The lowest BCUT2D eigenvalue weighted by Gasteiger charge is -2.05. The molecule has 0 fully saturated rings. The van der Waals surface area contributed by atoms with Crippen molar-refractivity contribution in [3.05, 3.63) is 53.8 Å². The Balaban J connectivity index is 2.00. The summed E-state index contributed by atoms with van der Waals surface area (Å²) in [4.78, 5) is 0. The van der Waals surface area contributed by atoms with Gasteiger partial charge in [-0.3, -0.25) is 4.68 Å². The SMILES string of the molecule is COCCn1cc(-c2cc3ccccc3cc2Cl)cn1. The first-order chi connectivity index (χ1) is 9.78. The Morgan fingerprint density at radius 3 is 2.70 bits per heavy atom. The van der Waals surface area contributed by atoms with Gasteiger partial charge in [-0.2, -0.15) is 5.10 Å². The van der Waals surface area contributed by atoms with Gasteiger partial charge in [-0.15, -0.1) is 0 Å². The van der Waals surface area contributed by atoms with Gasteiger partial charge in [0.1, 0.15) is 0 Å². The Kier molecular flexibility index (Phi) is 3.72. The summed E-state index contributed by atoms with van der Waals surface area (Å²) in [7, 11) is 1.69. The van der Waals surface area contributed by atoms with Gasteiger partial charge in [0.05, 0.1) is 19.3 Å². The molecule has 0 unspecified atom stereocenters. The van der Waals surface area contributed by atoms with Gasteiger partial charge in [0.25, 0.3) is 0 Å². The third-order valence-electron chi connectivity index (χ3n) is 3.30. The van der Waals surface area contributed by atoms with E-state index in [0.29, 0.717) is 6.61 Å². The largest absolute Gasteiger partial charge is 0.383 e. The molecule has 0 N–H and O–H groups in total. The number of fused-ring (bicyclic) bond motifs is 1. The lowest BCUT2D eigenvalue weighted by atomic mass is 10.0. The minimum atomic E-state index is 0.645. The van der Waals surface area contributed by atoms with E-state index in [4.69, 9.17) is 16.3 Å². The lowest BCUT2D eigenvalue weighted by molar-refractivity contribution is 0.183. The molecule has 0 aliphatic heterocycles. The van der Waals surface area contributed by atoms with Crippen molar-refractivity contribution in [1.82, 2.24) is 9.78 Å². The van der Waals surface area contributed by atoms with Crippen LogP contribution in [0.2, 0.25) is 5.02 Å². The molecule has 0 amide bonds. The first-order valence-electron chi connectivity index (χ1n) is 6.48. The van der Waals surface area contributed by atoms with Crippen molar-refractivity contribution < 1.29 is 4.74 Å². The quantitative estimate of drug-likeness (QED) is 0.725. The van der Waals surface area contributed by atoms with Crippen molar-refractivity contribution in [2.45, 2.75) is 6.54 Å². The number of nitrogens with zero attached hydrogens (tertiary/aromatic N) is 2. The molecule has 0 bridgehead atoms. The average Bonchev–Trinajstić information content (AvgIpc) is 2.93. The highest BCUT2D eigenvalue weighted by Crippen LogP contribution is 2.31. The molecule has 0 saturated carbocycles. The summed E-state index contributed by atoms with van der Waals surface area (Å²) in [5.74, 6) is 0. The van der Waals surface area contributed by atoms with Crippen LogP contribution in [0.25, 0.3) is 21.9 Å². The third-order valence-corrected chi connectivity index (χ3v) is 3.62. The highest BCUT2D eigenvalue weighted by Gasteiger charge is 2.08. The molecule has 102 valence electrons. The minimum absolute atomic E-state index is 0.645. The van der Waals surface area contributed by atoms with Gasteiger partial charge in [-0.25, -0.2) is 0 Å². The summed E-state index contributed by atoms with van der Waals surface area (Å²) < 4.78 is 6.92. The number of benzene rings is 2. The van der Waals surface area contributed by atoms with Gasteiger partial charge < -0.3 is 4.74 Å². The number of halogens is 1. The van der Waals surface area contributed by atoms with E-state index in [1.165, 1.54) is 5.39 Å². The topological polar surface area (TPSA) is 27.1 Å². The molecule has 0 saturated heterocycles. The standard InChI is InChI=1S/C16H15ClN2O/c1-20-7-6-19-11-14(10-18-19)15-8-12-4-2-3-5-13(12)9-16(15)17/h2-5,8-11H,6-7H2,1H3. The van der Waals surface area contributed by atoms with Crippen LogP contribution in [0.15, 0.2) is 48.8 Å². The van der Waals surface area contributed by atoms with Gasteiger partial charge in [0.15, 0.2) is 0 Å². The Hall–Kier alpha value is -1.84.